The lowest BCUT2D eigenvalue weighted by atomic mass is 9.89. The Bertz CT molecular complexity index is 1130. The van der Waals surface area contributed by atoms with Crippen molar-refractivity contribution in [1.29, 1.82) is 0 Å². The SMILES string of the molecule is CCCN(Cc1nnc(-c2ccccc2Cl)o1)C(=O)C1CC(=O)Nc2cc(F)ccc21. The summed E-state index contributed by atoms with van der Waals surface area (Å²) < 4.78 is 19.3. The highest BCUT2D eigenvalue weighted by molar-refractivity contribution is 6.33. The molecular formula is C22H20ClFN4O3. The summed E-state index contributed by atoms with van der Waals surface area (Å²) in [6, 6.07) is 11.2. The molecule has 2 heterocycles. The van der Waals surface area contributed by atoms with Crippen LogP contribution in [0.2, 0.25) is 5.02 Å². The number of nitrogens with zero attached hydrogens (tertiary/aromatic N) is 3. The molecule has 1 aromatic heterocycles. The van der Waals surface area contributed by atoms with Gasteiger partial charge in [-0.05, 0) is 36.2 Å². The van der Waals surface area contributed by atoms with Crippen LogP contribution in [0, 0.1) is 5.82 Å². The quantitative estimate of drug-likeness (QED) is 0.611. The number of benzene rings is 2. The molecule has 3 aromatic rings. The molecule has 1 N–H and O–H groups in total. The van der Waals surface area contributed by atoms with E-state index in [1.165, 1.54) is 12.1 Å². The van der Waals surface area contributed by atoms with Crippen molar-refractivity contribution in [1.82, 2.24) is 15.1 Å². The van der Waals surface area contributed by atoms with Crippen LogP contribution in [0.15, 0.2) is 46.9 Å². The normalized spacial score (nSPS) is 15.3. The van der Waals surface area contributed by atoms with Crippen molar-refractivity contribution >= 4 is 29.1 Å². The highest BCUT2D eigenvalue weighted by atomic mass is 35.5. The van der Waals surface area contributed by atoms with E-state index < -0.39 is 11.7 Å². The van der Waals surface area contributed by atoms with Gasteiger partial charge < -0.3 is 14.6 Å². The molecule has 0 radical (unpaired) electrons. The van der Waals surface area contributed by atoms with Crippen LogP contribution in [0.5, 0.6) is 0 Å². The Balaban J connectivity index is 1.58. The first kappa shape index (κ1) is 21.0. The molecular weight excluding hydrogens is 423 g/mol. The molecule has 1 aliphatic rings. The van der Waals surface area contributed by atoms with Gasteiger partial charge in [-0.25, -0.2) is 4.39 Å². The summed E-state index contributed by atoms with van der Waals surface area (Å²) in [7, 11) is 0. The van der Waals surface area contributed by atoms with E-state index in [0.717, 1.165) is 0 Å². The Hall–Kier alpha value is -3.26. The number of nitrogens with one attached hydrogen (secondary N) is 1. The molecule has 0 bridgehead atoms. The second kappa shape index (κ2) is 8.85. The Kier molecular flexibility index (Phi) is 5.99. The zero-order valence-corrected chi connectivity index (χ0v) is 17.5. The molecule has 160 valence electrons. The fourth-order valence-corrected chi connectivity index (χ4v) is 3.86. The van der Waals surface area contributed by atoms with Crippen LogP contribution < -0.4 is 5.32 Å². The Morgan fingerprint density at radius 1 is 1.29 bits per heavy atom. The summed E-state index contributed by atoms with van der Waals surface area (Å²) in [6.07, 6.45) is 0.693. The summed E-state index contributed by atoms with van der Waals surface area (Å²) >= 11 is 6.19. The molecule has 4 rings (SSSR count). The molecule has 1 atom stereocenters. The van der Waals surface area contributed by atoms with E-state index in [-0.39, 0.29) is 36.6 Å². The highest BCUT2D eigenvalue weighted by Gasteiger charge is 2.34. The largest absolute Gasteiger partial charge is 0.419 e. The number of carbonyl (C=O) groups excluding carboxylic acids is 2. The maximum atomic E-state index is 13.6. The summed E-state index contributed by atoms with van der Waals surface area (Å²) in [5, 5.41) is 11.2. The number of hydrogen-bond donors (Lipinski definition) is 1. The Morgan fingerprint density at radius 2 is 2.10 bits per heavy atom. The van der Waals surface area contributed by atoms with Gasteiger partial charge in [-0.3, -0.25) is 9.59 Å². The lowest BCUT2D eigenvalue weighted by Gasteiger charge is -2.30. The third-order valence-corrected chi connectivity index (χ3v) is 5.38. The number of hydrogen-bond acceptors (Lipinski definition) is 5. The molecule has 0 saturated heterocycles. The van der Waals surface area contributed by atoms with Gasteiger partial charge in [0.25, 0.3) is 0 Å². The highest BCUT2D eigenvalue weighted by Crippen LogP contribution is 2.34. The average Bonchev–Trinajstić information content (AvgIpc) is 3.20. The van der Waals surface area contributed by atoms with Gasteiger partial charge in [0.1, 0.15) is 5.82 Å². The van der Waals surface area contributed by atoms with Gasteiger partial charge in [0.05, 0.1) is 23.0 Å². The molecule has 2 amide bonds. The summed E-state index contributed by atoms with van der Waals surface area (Å²) in [5.41, 5.74) is 1.52. The van der Waals surface area contributed by atoms with Crippen molar-refractivity contribution < 1.29 is 18.4 Å². The van der Waals surface area contributed by atoms with Gasteiger partial charge in [-0.2, -0.15) is 0 Å². The van der Waals surface area contributed by atoms with Gasteiger partial charge in [-0.1, -0.05) is 36.7 Å². The number of fused-ring (bicyclic) bond motifs is 1. The van der Waals surface area contributed by atoms with Crippen LogP contribution in [0.4, 0.5) is 10.1 Å². The van der Waals surface area contributed by atoms with Crippen molar-refractivity contribution in [3.05, 3.63) is 64.8 Å². The molecule has 0 spiro atoms. The molecule has 7 nitrogen and oxygen atoms in total. The number of rotatable bonds is 6. The number of carbonyl (C=O) groups is 2. The molecule has 1 aliphatic heterocycles. The van der Waals surface area contributed by atoms with E-state index in [1.54, 1.807) is 29.2 Å². The van der Waals surface area contributed by atoms with Gasteiger partial charge in [0, 0.05) is 18.7 Å². The van der Waals surface area contributed by atoms with Crippen LogP contribution >= 0.6 is 11.6 Å². The maximum Gasteiger partial charge on any atom is 0.249 e. The van der Waals surface area contributed by atoms with E-state index in [1.807, 2.05) is 13.0 Å². The minimum atomic E-state index is -0.707. The predicted octanol–water partition coefficient (Wildman–Crippen LogP) is 4.39. The smallest absolute Gasteiger partial charge is 0.249 e. The van der Waals surface area contributed by atoms with Crippen LogP contribution in [0.25, 0.3) is 11.5 Å². The second-order valence-corrected chi connectivity index (χ2v) is 7.68. The molecule has 31 heavy (non-hydrogen) atoms. The van der Waals surface area contributed by atoms with E-state index >= 15 is 0 Å². The fraction of sp³-hybridized carbons (Fsp3) is 0.273. The fourth-order valence-electron chi connectivity index (χ4n) is 3.64. The van der Waals surface area contributed by atoms with Gasteiger partial charge >= 0.3 is 0 Å². The van der Waals surface area contributed by atoms with Crippen LogP contribution in [-0.4, -0.2) is 33.5 Å². The van der Waals surface area contributed by atoms with Gasteiger partial charge in [-0.15, -0.1) is 10.2 Å². The summed E-state index contributed by atoms with van der Waals surface area (Å²) in [6.45, 7) is 2.48. The van der Waals surface area contributed by atoms with Crippen LogP contribution in [-0.2, 0) is 16.1 Å². The topological polar surface area (TPSA) is 88.3 Å². The van der Waals surface area contributed by atoms with Crippen molar-refractivity contribution in [3.63, 3.8) is 0 Å². The lowest BCUT2D eigenvalue weighted by Crippen LogP contribution is -2.38. The number of amides is 2. The number of aromatic nitrogens is 2. The first-order valence-electron chi connectivity index (χ1n) is 9.91. The van der Waals surface area contributed by atoms with Crippen LogP contribution in [0.1, 0.15) is 37.1 Å². The first-order chi connectivity index (χ1) is 15.0. The van der Waals surface area contributed by atoms with Crippen molar-refractivity contribution in [3.8, 4) is 11.5 Å². The van der Waals surface area contributed by atoms with E-state index in [9.17, 15) is 14.0 Å². The summed E-state index contributed by atoms with van der Waals surface area (Å²) in [4.78, 5) is 27.1. The minimum absolute atomic E-state index is 0.00755. The third kappa shape index (κ3) is 4.44. The predicted molar refractivity (Wildman–Crippen MR) is 113 cm³/mol. The standard InChI is InChI=1S/C22H20ClFN4O3/c1-2-9-28(12-20-26-27-21(31-20)15-5-3-4-6-17(15)23)22(30)16-11-19(29)25-18-10-13(24)7-8-14(16)18/h3-8,10,16H,2,9,11-12H2,1H3,(H,25,29). The first-order valence-corrected chi connectivity index (χ1v) is 10.3. The van der Waals surface area contributed by atoms with Crippen molar-refractivity contribution in [2.75, 3.05) is 11.9 Å². The number of anilines is 1. The Labute approximate surface area is 183 Å². The maximum absolute atomic E-state index is 13.6. The van der Waals surface area contributed by atoms with E-state index in [0.29, 0.717) is 34.8 Å². The van der Waals surface area contributed by atoms with Gasteiger partial charge in [0.2, 0.25) is 23.6 Å². The lowest BCUT2D eigenvalue weighted by molar-refractivity contribution is -0.135. The minimum Gasteiger partial charge on any atom is -0.419 e. The van der Waals surface area contributed by atoms with Crippen molar-refractivity contribution in [2.24, 2.45) is 0 Å². The molecule has 2 aromatic carbocycles. The monoisotopic (exact) mass is 442 g/mol. The third-order valence-electron chi connectivity index (χ3n) is 5.05. The van der Waals surface area contributed by atoms with Crippen molar-refractivity contribution in [2.45, 2.75) is 32.2 Å². The zero-order chi connectivity index (χ0) is 22.0. The summed E-state index contributed by atoms with van der Waals surface area (Å²) in [5.74, 6) is -1.23. The van der Waals surface area contributed by atoms with Crippen LogP contribution in [0.3, 0.4) is 0 Å². The van der Waals surface area contributed by atoms with E-state index in [2.05, 4.69) is 15.5 Å². The van der Waals surface area contributed by atoms with Gasteiger partial charge in [0.15, 0.2) is 0 Å². The zero-order valence-electron chi connectivity index (χ0n) is 16.8. The molecule has 1 unspecified atom stereocenters. The van der Waals surface area contributed by atoms with E-state index in [4.69, 9.17) is 16.0 Å². The molecule has 9 heteroatoms. The number of halogens is 2. The molecule has 0 aliphatic carbocycles. The molecule has 0 saturated carbocycles. The Morgan fingerprint density at radius 3 is 2.87 bits per heavy atom. The molecule has 0 fully saturated rings. The second-order valence-electron chi connectivity index (χ2n) is 7.28. The average molecular weight is 443 g/mol.